The van der Waals surface area contributed by atoms with E-state index in [-0.39, 0.29) is 22.9 Å². The summed E-state index contributed by atoms with van der Waals surface area (Å²) < 4.78 is 13.1. The number of aryl methyl sites for hydroxylation is 1. The molecule has 0 fully saturated rings. The number of hydrogen-bond donors (Lipinski definition) is 2. The first-order valence-corrected chi connectivity index (χ1v) is 12.3. The minimum atomic E-state index is -0.388. The number of nitrogens with one attached hydrogen (secondary N) is 2. The predicted molar refractivity (Wildman–Crippen MR) is 137 cm³/mol. The van der Waals surface area contributed by atoms with E-state index in [1.54, 1.807) is 18.2 Å². The third kappa shape index (κ3) is 5.89. The summed E-state index contributed by atoms with van der Waals surface area (Å²) in [6, 6.07) is 20.9. The highest BCUT2D eigenvalue weighted by Gasteiger charge is 2.17. The van der Waals surface area contributed by atoms with Gasteiger partial charge < -0.3 is 10.6 Å². The number of anilines is 2. The van der Waals surface area contributed by atoms with Crippen LogP contribution in [0.1, 0.15) is 22.8 Å². The Balaban J connectivity index is 1.37. The Morgan fingerprint density at radius 3 is 2.53 bits per heavy atom. The lowest BCUT2D eigenvalue weighted by molar-refractivity contribution is -0.115. The van der Waals surface area contributed by atoms with Gasteiger partial charge in [-0.05, 0) is 67.9 Å². The molecule has 1 heterocycles. The lowest BCUT2D eigenvalue weighted by atomic mass is 10.1. The number of carbonyl (C=O) groups is 2. The summed E-state index contributed by atoms with van der Waals surface area (Å²) in [5, 5.41) is 7.68. The van der Waals surface area contributed by atoms with E-state index in [9.17, 15) is 14.0 Å². The topological polar surface area (TPSA) is 71.1 Å². The number of thioether (sulfide) groups is 1. The number of carbonyl (C=O) groups excluding carboxylic acids is 2. The van der Waals surface area contributed by atoms with E-state index in [0.29, 0.717) is 22.1 Å². The Kier molecular flexibility index (Phi) is 7.40. The SMILES string of the molecule is Cc1ccccc1C(=O)Nc1cccc(SC(C)C(=O)Nc2nc(-c3ccc(F)cc3)cs2)c1. The number of aromatic nitrogens is 1. The van der Waals surface area contributed by atoms with Gasteiger partial charge in [0.2, 0.25) is 5.91 Å². The van der Waals surface area contributed by atoms with E-state index in [4.69, 9.17) is 0 Å². The van der Waals surface area contributed by atoms with Gasteiger partial charge >= 0.3 is 0 Å². The maximum absolute atomic E-state index is 13.1. The van der Waals surface area contributed by atoms with Crippen molar-refractivity contribution in [2.45, 2.75) is 24.0 Å². The van der Waals surface area contributed by atoms with Gasteiger partial charge in [-0.25, -0.2) is 9.37 Å². The van der Waals surface area contributed by atoms with Crippen LogP contribution in [0.2, 0.25) is 0 Å². The van der Waals surface area contributed by atoms with Gasteiger partial charge in [0.15, 0.2) is 5.13 Å². The monoisotopic (exact) mass is 491 g/mol. The summed E-state index contributed by atoms with van der Waals surface area (Å²) in [4.78, 5) is 30.6. The maximum Gasteiger partial charge on any atom is 0.255 e. The summed E-state index contributed by atoms with van der Waals surface area (Å²) in [6.07, 6.45) is 0. The first kappa shape index (κ1) is 23.7. The van der Waals surface area contributed by atoms with E-state index in [0.717, 1.165) is 16.0 Å². The fourth-order valence-corrected chi connectivity index (χ4v) is 4.87. The van der Waals surface area contributed by atoms with E-state index < -0.39 is 0 Å². The molecule has 1 aromatic heterocycles. The number of hydrogen-bond acceptors (Lipinski definition) is 5. The lowest BCUT2D eigenvalue weighted by Gasteiger charge is -2.12. The zero-order valence-electron chi connectivity index (χ0n) is 18.5. The smallest absolute Gasteiger partial charge is 0.255 e. The number of halogens is 1. The number of amides is 2. The highest BCUT2D eigenvalue weighted by molar-refractivity contribution is 8.00. The Hall–Kier alpha value is -3.49. The molecule has 0 aliphatic rings. The van der Waals surface area contributed by atoms with Crippen LogP contribution < -0.4 is 10.6 Å². The van der Waals surface area contributed by atoms with E-state index in [1.165, 1.54) is 35.2 Å². The van der Waals surface area contributed by atoms with Gasteiger partial charge in [-0.3, -0.25) is 9.59 Å². The number of rotatable bonds is 7. The van der Waals surface area contributed by atoms with Crippen molar-refractivity contribution in [1.82, 2.24) is 4.98 Å². The fraction of sp³-hybridized carbons (Fsp3) is 0.115. The molecule has 5 nitrogen and oxygen atoms in total. The second-order valence-corrected chi connectivity index (χ2v) is 9.86. The summed E-state index contributed by atoms with van der Waals surface area (Å²) in [5.41, 5.74) is 3.65. The van der Waals surface area contributed by atoms with Crippen molar-refractivity contribution >= 4 is 45.7 Å². The van der Waals surface area contributed by atoms with Crippen LogP contribution in [0.5, 0.6) is 0 Å². The molecule has 3 aromatic carbocycles. The first-order chi connectivity index (χ1) is 16.4. The quantitative estimate of drug-likeness (QED) is 0.285. The third-order valence-corrected chi connectivity index (χ3v) is 6.89. The molecule has 1 atom stereocenters. The molecular weight excluding hydrogens is 469 g/mol. The van der Waals surface area contributed by atoms with E-state index in [2.05, 4.69) is 15.6 Å². The van der Waals surface area contributed by atoms with Crippen LogP contribution >= 0.6 is 23.1 Å². The molecule has 2 amide bonds. The van der Waals surface area contributed by atoms with Gasteiger partial charge in [-0.1, -0.05) is 24.3 Å². The zero-order chi connectivity index (χ0) is 24.1. The van der Waals surface area contributed by atoms with Crippen LogP contribution in [-0.4, -0.2) is 22.0 Å². The predicted octanol–water partition coefficient (Wildman–Crippen LogP) is 6.63. The second-order valence-electron chi connectivity index (χ2n) is 7.59. The van der Waals surface area contributed by atoms with Crippen molar-refractivity contribution < 1.29 is 14.0 Å². The molecule has 8 heteroatoms. The fourth-order valence-electron chi connectivity index (χ4n) is 3.22. The van der Waals surface area contributed by atoms with Crippen molar-refractivity contribution in [1.29, 1.82) is 0 Å². The van der Waals surface area contributed by atoms with Crippen molar-refractivity contribution in [2.75, 3.05) is 10.6 Å². The highest BCUT2D eigenvalue weighted by Crippen LogP contribution is 2.29. The van der Waals surface area contributed by atoms with Gasteiger partial charge in [0.25, 0.3) is 5.91 Å². The van der Waals surface area contributed by atoms with E-state index >= 15 is 0 Å². The van der Waals surface area contributed by atoms with Gasteiger partial charge in [0.05, 0.1) is 10.9 Å². The van der Waals surface area contributed by atoms with Crippen LogP contribution in [0.3, 0.4) is 0 Å². The van der Waals surface area contributed by atoms with Gasteiger partial charge in [0, 0.05) is 27.1 Å². The maximum atomic E-state index is 13.1. The average molecular weight is 492 g/mol. The number of nitrogens with zero attached hydrogens (tertiary/aromatic N) is 1. The molecule has 34 heavy (non-hydrogen) atoms. The molecule has 4 rings (SSSR count). The first-order valence-electron chi connectivity index (χ1n) is 10.5. The molecule has 0 saturated heterocycles. The molecule has 0 aliphatic heterocycles. The number of benzene rings is 3. The van der Waals surface area contributed by atoms with Crippen molar-refractivity contribution in [3.63, 3.8) is 0 Å². The highest BCUT2D eigenvalue weighted by atomic mass is 32.2. The van der Waals surface area contributed by atoms with Gasteiger partial charge in [-0.15, -0.1) is 23.1 Å². The third-order valence-electron chi connectivity index (χ3n) is 5.04. The standard InChI is InChI=1S/C26H22FN3O2S2/c1-16-6-3-4-9-22(16)25(32)28-20-7-5-8-21(14-20)34-17(2)24(31)30-26-29-23(15-33-26)18-10-12-19(27)13-11-18/h3-15,17H,1-2H3,(H,28,32)(H,29,30,31). The zero-order valence-corrected chi connectivity index (χ0v) is 20.2. The van der Waals surface area contributed by atoms with Crippen LogP contribution in [-0.2, 0) is 4.79 Å². The Morgan fingerprint density at radius 2 is 1.76 bits per heavy atom. The molecule has 0 spiro atoms. The second kappa shape index (κ2) is 10.6. The van der Waals surface area contributed by atoms with Gasteiger partial charge in [-0.2, -0.15) is 0 Å². The number of thiazole rings is 1. The van der Waals surface area contributed by atoms with Crippen molar-refractivity contribution in [3.05, 3.63) is 95.1 Å². The lowest BCUT2D eigenvalue weighted by Crippen LogP contribution is -2.22. The Morgan fingerprint density at radius 1 is 1.00 bits per heavy atom. The molecule has 0 radical (unpaired) electrons. The largest absolute Gasteiger partial charge is 0.322 e. The van der Waals surface area contributed by atoms with E-state index in [1.807, 2.05) is 61.7 Å². The molecule has 172 valence electrons. The summed E-state index contributed by atoms with van der Waals surface area (Å²) in [5.74, 6) is -0.664. The van der Waals surface area contributed by atoms with Crippen LogP contribution in [0.25, 0.3) is 11.3 Å². The molecule has 0 aliphatic carbocycles. The molecular formula is C26H22FN3O2S2. The van der Waals surface area contributed by atoms with Gasteiger partial charge in [0.1, 0.15) is 5.82 Å². The average Bonchev–Trinajstić information content (AvgIpc) is 3.28. The normalized spacial score (nSPS) is 11.6. The van der Waals surface area contributed by atoms with Crippen molar-refractivity contribution in [2.24, 2.45) is 0 Å². The molecule has 0 bridgehead atoms. The minimum absolute atomic E-state index is 0.174. The Labute approximate surface area is 205 Å². The van der Waals surface area contributed by atoms with Crippen molar-refractivity contribution in [3.8, 4) is 11.3 Å². The minimum Gasteiger partial charge on any atom is -0.322 e. The summed E-state index contributed by atoms with van der Waals surface area (Å²) in [7, 11) is 0. The summed E-state index contributed by atoms with van der Waals surface area (Å²) >= 11 is 2.70. The van der Waals surface area contributed by atoms with Crippen LogP contribution in [0.15, 0.2) is 83.1 Å². The molecule has 0 saturated carbocycles. The molecule has 1 unspecified atom stereocenters. The van der Waals surface area contributed by atoms with Crippen LogP contribution in [0.4, 0.5) is 15.2 Å². The molecule has 4 aromatic rings. The summed E-state index contributed by atoms with van der Waals surface area (Å²) in [6.45, 7) is 3.71. The molecule has 2 N–H and O–H groups in total. The Bertz CT molecular complexity index is 1320. The van der Waals surface area contributed by atoms with Crippen LogP contribution in [0, 0.1) is 12.7 Å².